The van der Waals surface area contributed by atoms with Crippen LogP contribution in [0.2, 0.25) is 0 Å². The Kier molecular flexibility index (Phi) is 6.33. The number of phenolic OH excluding ortho intramolecular Hbond substituents is 1. The van der Waals surface area contributed by atoms with Crippen LogP contribution in [-0.2, 0) is 40.5 Å². The SMILES string of the molecule is CN1CC[C@]23c4c5ccc(O)c4O[C@H]2C(OC(=O)[C@H](O)[C@@H](O)C(=O)O[C@@H](CC(=O)O)C(=O)O)=CC[C@@]3(O)[C@@H]1C5. The lowest BCUT2D eigenvalue weighted by Gasteiger charge is -2.61. The van der Waals surface area contributed by atoms with Crippen LogP contribution in [0.15, 0.2) is 24.0 Å². The number of aliphatic hydroxyl groups excluding tert-OH is 2. The first-order chi connectivity index (χ1) is 18.3. The molecule has 0 aromatic heterocycles. The van der Waals surface area contributed by atoms with Gasteiger partial charge in [0.25, 0.3) is 0 Å². The van der Waals surface area contributed by atoms with Crippen LogP contribution < -0.4 is 4.74 Å². The molecule has 4 aliphatic rings. The highest BCUT2D eigenvalue weighted by Crippen LogP contribution is 2.65. The number of aliphatic carboxylic acids is 2. The summed E-state index contributed by atoms with van der Waals surface area (Å²) in [6.07, 6.45) is -7.13. The molecule has 14 nitrogen and oxygen atoms in total. The molecule has 0 amide bonds. The molecule has 0 saturated carbocycles. The highest BCUT2D eigenvalue weighted by Gasteiger charge is 2.72. The molecule has 2 aliphatic carbocycles. The third kappa shape index (κ3) is 3.85. The molecule has 39 heavy (non-hydrogen) atoms. The van der Waals surface area contributed by atoms with Crippen molar-refractivity contribution < 1.29 is 64.0 Å². The van der Waals surface area contributed by atoms with Crippen molar-refractivity contribution in [2.45, 2.75) is 67.2 Å². The number of rotatable bonds is 8. The Hall–Kier alpha value is -3.72. The van der Waals surface area contributed by atoms with Crippen LogP contribution in [0.1, 0.15) is 30.4 Å². The number of esters is 2. The Bertz CT molecular complexity index is 1290. The number of aliphatic hydroxyl groups is 3. The first-order valence-corrected chi connectivity index (χ1v) is 12.2. The van der Waals surface area contributed by atoms with Gasteiger partial charge in [-0.1, -0.05) is 6.07 Å². The number of piperidine rings is 1. The van der Waals surface area contributed by atoms with E-state index in [0.29, 0.717) is 24.9 Å². The van der Waals surface area contributed by atoms with Crippen molar-refractivity contribution >= 4 is 23.9 Å². The number of ether oxygens (including phenoxy) is 3. The molecular weight excluding hydrogens is 522 g/mol. The van der Waals surface area contributed by atoms with Gasteiger partial charge in [0.15, 0.2) is 29.8 Å². The fourth-order valence-electron chi connectivity index (χ4n) is 6.42. The summed E-state index contributed by atoms with van der Waals surface area (Å²) in [5.74, 6) is -6.76. The number of carboxylic acids is 2. The first kappa shape index (κ1) is 26.9. The van der Waals surface area contributed by atoms with Crippen LogP contribution in [0.3, 0.4) is 0 Å². The van der Waals surface area contributed by atoms with Crippen LogP contribution in [0.5, 0.6) is 11.5 Å². The summed E-state index contributed by atoms with van der Waals surface area (Å²) >= 11 is 0. The molecule has 1 aromatic rings. The number of hydrogen-bond donors (Lipinski definition) is 6. The topological polar surface area (TPSA) is 221 Å². The molecule has 7 atom stereocenters. The fraction of sp³-hybridized carbons (Fsp3) is 0.520. The summed E-state index contributed by atoms with van der Waals surface area (Å²) < 4.78 is 15.9. The van der Waals surface area contributed by atoms with Crippen molar-refractivity contribution in [3.63, 3.8) is 0 Å². The number of phenols is 1. The highest BCUT2D eigenvalue weighted by atomic mass is 16.6. The fourth-order valence-corrected chi connectivity index (χ4v) is 6.42. The lowest BCUT2D eigenvalue weighted by atomic mass is 9.50. The molecule has 1 saturated heterocycles. The van der Waals surface area contributed by atoms with Gasteiger partial charge in [0.2, 0.25) is 6.10 Å². The molecule has 210 valence electrons. The van der Waals surface area contributed by atoms with E-state index in [-0.39, 0.29) is 29.7 Å². The Labute approximate surface area is 220 Å². The van der Waals surface area contributed by atoms with Gasteiger partial charge in [0, 0.05) is 18.0 Å². The number of carbonyl (C=O) groups excluding carboxylic acids is 2. The zero-order valence-corrected chi connectivity index (χ0v) is 20.6. The Morgan fingerprint density at radius 3 is 2.51 bits per heavy atom. The summed E-state index contributed by atoms with van der Waals surface area (Å²) in [6, 6.07) is 2.94. The number of likely N-dealkylation sites (N-methyl/N-ethyl adjacent to an activating group) is 1. The van der Waals surface area contributed by atoms with E-state index in [4.69, 9.17) is 19.7 Å². The molecule has 14 heteroatoms. The number of aromatic hydroxyl groups is 1. The van der Waals surface area contributed by atoms with Crippen LogP contribution in [0.25, 0.3) is 0 Å². The zero-order chi connectivity index (χ0) is 28.4. The standard InChI is InChI=1S/C25H27NO13/c1-26-7-6-24-16-10-2-3-11(27)19(16)39-20(24)12(4-5-25(24,36)14(26)8-10)37-22(34)17(30)18(31)23(35)38-13(21(32)33)9-15(28)29/h2-4,13-14,17-18,20,27,30-31,36H,5-9H2,1H3,(H,28,29)(H,32,33)/t13-,14-,17+,18+,20-,24-,25+/m0/s1. The van der Waals surface area contributed by atoms with E-state index in [0.717, 1.165) is 5.56 Å². The van der Waals surface area contributed by atoms with Gasteiger partial charge < -0.3 is 49.7 Å². The van der Waals surface area contributed by atoms with E-state index >= 15 is 0 Å². The summed E-state index contributed by atoms with van der Waals surface area (Å²) in [5, 5.41) is 60.8. The third-order valence-electron chi connectivity index (χ3n) is 8.25. The maximum Gasteiger partial charge on any atom is 0.345 e. The van der Waals surface area contributed by atoms with Crippen LogP contribution in [0, 0.1) is 0 Å². The van der Waals surface area contributed by atoms with Crippen molar-refractivity contribution in [1.29, 1.82) is 0 Å². The maximum atomic E-state index is 12.8. The molecule has 1 spiro atoms. The largest absolute Gasteiger partial charge is 0.504 e. The first-order valence-electron chi connectivity index (χ1n) is 12.2. The second-order valence-corrected chi connectivity index (χ2v) is 10.3. The van der Waals surface area contributed by atoms with Gasteiger partial charge >= 0.3 is 23.9 Å². The lowest BCUT2D eigenvalue weighted by Crippen LogP contribution is -2.74. The number of nitrogens with zero attached hydrogens (tertiary/aromatic N) is 1. The molecule has 2 bridgehead atoms. The van der Waals surface area contributed by atoms with Crippen LogP contribution in [-0.4, -0.2) is 109 Å². The Morgan fingerprint density at radius 1 is 1.15 bits per heavy atom. The van der Waals surface area contributed by atoms with E-state index < -0.39 is 65.7 Å². The summed E-state index contributed by atoms with van der Waals surface area (Å²) in [4.78, 5) is 48.9. The minimum atomic E-state index is -2.59. The number of carbonyl (C=O) groups is 4. The van der Waals surface area contributed by atoms with Crippen LogP contribution in [0.4, 0.5) is 0 Å². The van der Waals surface area contributed by atoms with E-state index in [1.165, 1.54) is 12.1 Å². The van der Waals surface area contributed by atoms with Gasteiger partial charge in [-0.2, -0.15) is 0 Å². The monoisotopic (exact) mass is 549 g/mol. The van der Waals surface area contributed by atoms with E-state index in [1.807, 2.05) is 11.9 Å². The smallest absolute Gasteiger partial charge is 0.345 e. The minimum absolute atomic E-state index is 0.0369. The average molecular weight is 549 g/mol. The van der Waals surface area contributed by atoms with Crippen LogP contribution >= 0.6 is 0 Å². The van der Waals surface area contributed by atoms with Gasteiger partial charge in [0.1, 0.15) is 5.76 Å². The normalized spacial score (nSPS) is 30.6. The molecular formula is C25H27NO13. The van der Waals surface area contributed by atoms with Crippen molar-refractivity contribution in [2.75, 3.05) is 13.6 Å². The lowest BCUT2D eigenvalue weighted by molar-refractivity contribution is -0.184. The number of carboxylic acid groups (broad SMARTS) is 2. The maximum absolute atomic E-state index is 12.8. The minimum Gasteiger partial charge on any atom is -0.504 e. The molecule has 5 rings (SSSR count). The van der Waals surface area contributed by atoms with Crippen molar-refractivity contribution in [2.24, 2.45) is 0 Å². The van der Waals surface area contributed by atoms with E-state index in [2.05, 4.69) is 4.74 Å². The summed E-state index contributed by atoms with van der Waals surface area (Å²) in [5.41, 5.74) is -0.940. The molecule has 0 unspecified atom stereocenters. The quantitative estimate of drug-likeness (QED) is 0.201. The molecule has 1 fully saturated rings. The predicted molar refractivity (Wildman–Crippen MR) is 124 cm³/mol. The van der Waals surface area contributed by atoms with Gasteiger partial charge in [-0.3, -0.25) is 4.79 Å². The average Bonchev–Trinajstić information content (AvgIpc) is 3.23. The van der Waals surface area contributed by atoms with Gasteiger partial charge in [-0.05, 0) is 44.1 Å². The second kappa shape index (κ2) is 9.19. The van der Waals surface area contributed by atoms with Crippen molar-refractivity contribution in [3.8, 4) is 11.5 Å². The van der Waals surface area contributed by atoms with Crippen molar-refractivity contribution in [1.82, 2.24) is 4.90 Å². The molecule has 2 heterocycles. The third-order valence-corrected chi connectivity index (χ3v) is 8.25. The summed E-state index contributed by atoms with van der Waals surface area (Å²) in [6.45, 7) is 0.566. The van der Waals surface area contributed by atoms with E-state index in [9.17, 15) is 39.6 Å². The molecule has 1 aromatic carbocycles. The second-order valence-electron chi connectivity index (χ2n) is 10.3. The number of hydrogen-bond acceptors (Lipinski definition) is 12. The van der Waals surface area contributed by atoms with Crippen molar-refractivity contribution in [3.05, 3.63) is 35.1 Å². The highest BCUT2D eigenvalue weighted by molar-refractivity contribution is 5.88. The summed E-state index contributed by atoms with van der Waals surface area (Å²) in [7, 11) is 1.90. The Balaban J connectivity index is 1.39. The molecule has 6 N–H and O–H groups in total. The number of benzene rings is 1. The number of likely N-dealkylation sites (tertiary alicyclic amines) is 1. The van der Waals surface area contributed by atoms with Gasteiger partial charge in [-0.25, -0.2) is 14.4 Å². The predicted octanol–water partition coefficient (Wildman–Crippen LogP) is -1.59. The zero-order valence-electron chi connectivity index (χ0n) is 20.6. The molecule has 2 aliphatic heterocycles. The van der Waals surface area contributed by atoms with E-state index in [1.54, 1.807) is 6.07 Å². The van der Waals surface area contributed by atoms with Gasteiger partial charge in [0.05, 0.1) is 17.4 Å². The Morgan fingerprint density at radius 2 is 1.85 bits per heavy atom. The molecule has 0 radical (unpaired) electrons. The van der Waals surface area contributed by atoms with Gasteiger partial charge in [-0.15, -0.1) is 0 Å².